The lowest BCUT2D eigenvalue weighted by Gasteiger charge is -2.23. The second-order valence-corrected chi connectivity index (χ2v) is 6.52. The first kappa shape index (κ1) is 18.5. The molecule has 1 heterocycles. The molecule has 0 saturated heterocycles. The maximum atomic E-state index is 12.6. The minimum absolute atomic E-state index is 0.0373. The van der Waals surface area contributed by atoms with Crippen LogP contribution in [0.3, 0.4) is 0 Å². The Morgan fingerprint density at radius 3 is 2.40 bits per heavy atom. The van der Waals surface area contributed by atoms with Crippen LogP contribution in [0, 0.1) is 12.3 Å². The van der Waals surface area contributed by atoms with Gasteiger partial charge in [0, 0.05) is 6.07 Å². The van der Waals surface area contributed by atoms with E-state index in [2.05, 4.69) is 15.8 Å². The minimum Gasteiger partial charge on any atom is -0.489 e. The van der Waals surface area contributed by atoms with Gasteiger partial charge in [-0.1, -0.05) is 17.3 Å². The van der Waals surface area contributed by atoms with Crippen molar-refractivity contribution < 1.29 is 18.8 Å². The van der Waals surface area contributed by atoms with Crippen LogP contribution in [0.25, 0.3) is 0 Å². The van der Waals surface area contributed by atoms with Crippen LogP contribution in [0.15, 0.2) is 34.9 Å². The fraction of sp³-hybridized carbons (Fsp3) is 0.389. The number of aryl methyl sites for hydroxylation is 1. The number of hydrogen-bond acceptors (Lipinski definition) is 5. The zero-order chi connectivity index (χ0) is 18.6. The highest BCUT2D eigenvalue weighted by atomic mass is 16.5. The molecule has 0 spiro atoms. The highest BCUT2D eigenvalue weighted by Gasteiger charge is 2.37. The first-order valence-electron chi connectivity index (χ1n) is 8.02. The summed E-state index contributed by atoms with van der Waals surface area (Å²) in [6.07, 6.45) is -0.0373. The molecule has 0 aliphatic carbocycles. The number of ether oxygens (including phenoxy) is 1. The summed E-state index contributed by atoms with van der Waals surface area (Å²) in [7, 11) is 0. The Hall–Kier alpha value is -2.83. The number of hydrogen-bond donors (Lipinski definition) is 2. The SMILES string of the molecule is Cc1cc(NC(=O)C(C)(C)C(=O)Nc2ccccc2OC(C)C)no1. The summed E-state index contributed by atoms with van der Waals surface area (Å²) in [5, 5.41) is 9.04. The van der Waals surface area contributed by atoms with Crippen molar-refractivity contribution >= 4 is 23.3 Å². The normalized spacial score (nSPS) is 11.3. The summed E-state index contributed by atoms with van der Waals surface area (Å²) < 4.78 is 10.6. The summed E-state index contributed by atoms with van der Waals surface area (Å²) in [6, 6.07) is 8.68. The Balaban J connectivity index is 2.12. The Bertz CT molecular complexity index is 765. The van der Waals surface area contributed by atoms with Crippen LogP contribution in [-0.4, -0.2) is 23.1 Å². The van der Waals surface area contributed by atoms with E-state index in [9.17, 15) is 9.59 Å². The van der Waals surface area contributed by atoms with E-state index >= 15 is 0 Å². The van der Waals surface area contributed by atoms with Crippen molar-refractivity contribution in [2.75, 3.05) is 10.6 Å². The molecule has 1 aromatic carbocycles. The smallest absolute Gasteiger partial charge is 0.240 e. The van der Waals surface area contributed by atoms with Gasteiger partial charge in [-0.2, -0.15) is 0 Å². The molecule has 2 amide bonds. The lowest BCUT2D eigenvalue weighted by Crippen LogP contribution is -2.41. The third-order valence-corrected chi connectivity index (χ3v) is 3.50. The first-order chi connectivity index (χ1) is 11.7. The summed E-state index contributed by atoms with van der Waals surface area (Å²) in [6.45, 7) is 8.59. The van der Waals surface area contributed by atoms with Gasteiger partial charge in [0.25, 0.3) is 0 Å². The average Bonchev–Trinajstić information content (AvgIpc) is 2.93. The molecule has 0 saturated carbocycles. The number of amides is 2. The Morgan fingerprint density at radius 2 is 1.80 bits per heavy atom. The van der Waals surface area contributed by atoms with E-state index in [4.69, 9.17) is 9.26 Å². The first-order valence-corrected chi connectivity index (χ1v) is 8.02. The molecule has 7 nitrogen and oxygen atoms in total. The van der Waals surface area contributed by atoms with E-state index in [-0.39, 0.29) is 11.9 Å². The van der Waals surface area contributed by atoms with Gasteiger partial charge in [-0.15, -0.1) is 0 Å². The number of carbonyl (C=O) groups excluding carboxylic acids is 2. The van der Waals surface area contributed by atoms with Crippen LogP contribution >= 0.6 is 0 Å². The topological polar surface area (TPSA) is 93.5 Å². The van der Waals surface area contributed by atoms with Crippen LogP contribution in [0.5, 0.6) is 5.75 Å². The number of carbonyl (C=O) groups is 2. The second kappa shape index (κ2) is 7.38. The highest BCUT2D eigenvalue weighted by molar-refractivity contribution is 6.14. The summed E-state index contributed by atoms with van der Waals surface area (Å²) in [5.41, 5.74) is -0.808. The molecule has 0 atom stereocenters. The maximum Gasteiger partial charge on any atom is 0.240 e. The number of rotatable bonds is 6. The van der Waals surface area contributed by atoms with Gasteiger partial charge < -0.3 is 19.9 Å². The van der Waals surface area contributed by atoms with Crippen molar-refractivity contribution in [3.63, 3.8) is 0 Å². The fourth-order valence-electron chi connectivity index (χ4n) is 2.01. The predicted molar refractivity (Wildman–Crippen MR) is 94.5 cm³/mol. The number of aromatic nitrogens is 1. The van der Waals surface area contributed by atoms with Crippen LogP contribution < -0.4 is 15.4 Å². The fourth-order valence-corrected chi connectivity index (χ4v) is 2.01. The summed E-state index contributed by atoms with van der Waals surface area (Å²) in [5.74, 6) is 0.448. The summed E-state index contributed by atoms with van der Waals surface area (Å²) >= 11 is 0. The van der Waals surface area contributed by atoms with Gasteiger partial charge in [-0.3, -0.25) is 9.59 Å². The Labute approximate surface area is 146 Å². The monoisotopic (exact) mass is 345 g/mol. The largest absolute Gasteiger partial charge is 0.489 e. The minimum atomic E-state index is -1.32. The van der Waals surface area contributed by atoms with Gasteiger partial charge in [0.05, 0.1) is 11.8 Å². The lowest BCUT2D eigenvalue weighted by atomic mass is 9.91. The molecule has 0 bridgehead atoms. The number of anilines is 2. The zero-order valence-electron chi connectivity index (χ0n) is 15.0. The standard InChI is InChI=1S/C18H23N3O4/c1-11(2)24-14-9-7-6-8-13(14)19-16(22)18(4,5)17(23)20-15-10-12(3)25-21-15/h6-11H,1-5H3,(H,19,22)(H,20,21,23). The molecule has 0 unspecified atom stereocenters. The van der Waals surface area contributed by atoms with Crippen molar-refractivity contribution in [2.45, 2.75) is 40.7 Å². The molecule has 0 aliphatic rings. The zero-order valence-corrected chi connectivity index (χ0v) is 15.0. The van der Waals surface area contributed by atoms with Crippen molar-refractivity contribution in [3.8, 4) is 5.75 Å². The van der Waals surface area contributed by atoms with E-state index in [1.54, 1.807) is 31.2 Å². The van der Waals surface area contributed by atoms with Gasteiger partial charge in [-0.25, -0.2) is 0 Å². The van der Waals surface area contributed by atoms with E-state index in [0.717, 1.165) is 0 Å². The number of benzene rings is 1. The molecule has 0 aliphatic heterocycles. The number of nitrogens with zero attached hydrogens (tertiary/aromatic N) is 1. The van der Waals surface area contributed by atoms with Crippen LogP contribution in [-0.2, 0) is 9.59 Å². The lowest BCUT2D eigenvalue weighted by molar-refractivity contribution is -0.135. The molecular weight excluding hydrogens is 322 g/mol. The molecule has 134 valence electrons. The molecule has 1 aromatic heterocycles. The molecule has 0 fully saturated rings. The van der Waals surface area contributed by atoms with Gasteiger partial charge in [0.15, 0.2) is 5.82 Å². The molecule has 2 aromatic rings. The van der Waals surface area contributed by atoms with Gasteiger partial charge in [-0.05, 0) is 46.8 Å². The third kappa shape index (κ3) is 4.59. The Morgan fingerprint density at radius 1 is 1.16 bits per heavy atom. The number of para-hydroxylation sites is 2. The van der Waals surface area contributed by atoms with Crippen molar-refractivity contribution in [1.82, 2.24) is 5.16 Å². The highest BCUT2D eigenvalue weighted by Crippen LogP contribution is 2.28. The molecular formula is C18H23N3O4. The molecule has 2 N–H and O–H groups in total. The van der Waals surface area contributed by atoms with E-state index in [1.807, 2.05) is 19.9 Å². The quantitative estimate of drug-likeness (QED) is 0.783. The molecule has 7 heteroatoms. The van der Waals surface area contributed by atoms with Gasteiger partial charge in [0.1, 0.15) is 16.9 Å². The molecule has 2 rings (SSSR count). The van der Waals surface area contributed by atoms with Gasteiger partial charge >= 0.3 is 0 Å². The van der Waals surface area contributed by atoms with Crippen molar-refractivity contribution in [1.29, 1.82) is 0 Å². The predicted octanol–water partition coefficient (Wildman–Crippen LogP) is 3.37. The van der Waals surface area contributed by atoms with Gasteiger partial charge in [0.2, 0.25) is 11.8 Å². The molecule has 25 heavy (non-hydrogen) atoms. The maximum absolute atomic E-state index is 12.6. The van der Waals surface area contributed by atoms with Crippen LogP contribution in [0.4, 0.5) is 11.5 Å². The Kier molecular flexibility index (Phi) is 5.46. The van der Waals surface area contributed by atoms with Crippen molar-refractivity contribution in [3.05, 3.63) is 36.1 Å². The van der Waals surface area contributed by atoms with E-state index in [0.29, 0.717) is 17.2 Å². The van der Waals surface area contributed by atoms with Crippen LogP contribution in [0.2, 0.25) is 0 Å². The number of nitrogens with one attached hydrogen (secondary N) is 2. The second-order valence-electron chi connectivity index (χ2n) is 6.52. The van der Waals surface area contributed by atoms with Crippen molar-refractivity contribution in [2.24, 2.45) is 5.41 Å². The third-order valence-electron chi connectivity index (χ3n) is 3.50. The van der Waals surface area contributed by atoms with Crippen LogP contribution in [0.1, 0.15) is 33.5 Å². The molecule has 0 radical (unpaired) electrons. The average molecular weight is 345 g/mol. The summed E-state index contributed by atoms with van der Waals surface area (Å²) in [4.78, 5) is 25.1. The van der Waals surface area contributed by atoms with E-state index < -0.39 is 17.2 Å². The van der Waals surface area contributed by atoms with E-state index in [1.165, 1.54) is 13.8 Å².